The van der Waals surface area contributed by atoms with Gasteiger partial charge in [0.05, 0.1) is 26.4 Å². The van der Waals surface area contributed by atoms with E-state index in [1.54, 1.807) is 5.57 Å². The number of allylic oxidation sites excluding steroid dienone is 1. The van der Waals surface area contributed by atoms with E-state index in [2.05, 4.69) is 26.8 Å². The minimum Gasteiger partial charge on any atom is -0.348 e. The second kappa shape index (κ2) is 6.31. The molecular formula is C25H38O4. The van der Waals surface area contributed by atoms with Crippen molar-refractivity contribution in [2.75, 3.05) is 26.4 Å². The van der Waals surface area contributed by atoms with Crippen molar-refractivity contribution in [2.45, 2.75) is 83.7 Å². The van der Waals surface area contributed by atoms with Gasteiger partial charge in [-0.15, -0.1) is 0 Å². The van der Waals surface area contributed by atoms with Gasteiger partial charge in [-0.3, -0.25) is 0 Å². The molecule has 3 saturated carbocycles. The van der Waals surface area contributed by atoms with Crippen LogP contribution in [0.3, 0.4) is 0 Å². The Labute approximate surface area is 175 Å². The van der Waals surface area contributed by atoms with Crippen LogP contribution in [0.2, 0.25) is 0 Å². The largest absolute Gasteiger partial charge is 0.348 e. The maximum Gasteiger partial charge on any atom is 0.188 e. The highest BCUT2D eigenvalue weighted by Crippen LogP contribution is 2.68. The Kier molecular flexibility index (Phi) is 4.19. The molecule has 4 nitrogen and oxygen atoms in total. The van der Waals surface area contributed by atoms with Crippen LogP contribution in [0.1, 0.15) is 72.1 Å². The van der Waals surface area contributed by atoms with Gasteiger partial charge in [0.2, 0.25) is 0 Å². The first-order valence-electron chi connectivity index (χ1n) is 12.2. The molecule has 0 aromatic rings. The maximum atomic E-state index is 6.17. The molecule has 2 saturated heterocycles. The van der Waals surface area contributed by atoms with Crippen LogP contribution in [0.25, 0.3) is 0 Å². The molecule has 29 heavy (non-hydrogen) atoms. The van der Waals surface area contributed by atoms with Crippen LogP contribution in [0, 0.1) is 34.5 Å². The predicted octanol–water partition coefficient (Wildman–Crippen LogP) is 5.07. The molecule has 0 unspecified atom stereocenters. The zero-order chi connectivity index (χ0) is 19.9. The van der Waals surface area contributed by atoms with Crippen LogP contribution in [0.5, 0.6) is 0 Å². The molecule has 0 N–H and O–H groups in total. The topological polar surface area (TPSA) is 36.9 Å². The summed E-state index contributed by atoms with van der Waals surface area (Å²) in [6.07, 6.45) is 12.5. The van der Waals surface area contributed by atoms with E-state index in [0.717, 1.165) is 50.6 Å². The second-order valence-corrected chi connectivity index (χ2v) is 11.4. The Morgan fingerprint density at radius 1 is 0.759 bits per heavy atom. The normalized spacial score (nSPS) is 50.1. The molecule has 0 aromatic heterocycles. The Hall–Kier alpha value is -0.420. The monoisotopic (exact) mass is 402 g/mol. The van der Waals surface area contributed by atoms with E-state index >= 15 is 0 Å². The van der Waals surface area contributed by atoms with Gasteiger partial charge in [0.1, 0.15) is 0 Å². The Balaban J connectivity index is 1.29. The summed E-state index contributed by atoms with van der Waals surface area (Å²) in [5.74, 6) is 2.29. The lowest BCUT2D eigenvalue weighted by atomic mass is 9.46. The molecule has 2 heterocycles. The molecule has 0 bridgehead atoms. The lowest BCUT2D eigenvalue weighted by Crippen LogP contribution is -2.54. The van der Waals surface area contributed by atoms with Gasteiger partial charge in [-0.1, -0.05) is 19.4 Å². The summed E-state index contributed by atoms with van der Waals surface area (Å²) >= 11 is 0. The Bertz CT molecular complexity index is 704. The number of hydrogen-bond acceptors (Lipinski definition) is 4. The van der Waals surface area contributed by atoms with Crippen LogP contribution in [0.4, 0.5) is 0 Å². The zero-order valence-electron chi connectivity index (χ0n) is 18.5. The molecule has 6 rings (SSSR count). The maximum absolute atomic E-state index is 6.17. The Morgan fingerprint density at radius 3 is 2.24 bits per heavy atom. The molecule has 1 spiro atoms. The van der Waals surface area contributed by atoms with Gasteiger partial charge >= 0.3 is 0 Å². The molecule has 6 atom stereocenters. The van der Waals surface area contributed by atoms with E-state index in [1.807, 2.05) is 0 Å². The quantitative estimate of drug-likeness (QED) is 0.574. The summed E-state index contributed by atoms with van der Waals surface area (Å²) in [5.41, 5.74) is 2.35. The molecule has 0 radical (unpaired) electrons. The van der Waals surface area contributed by atoms with E-state index < -0.39 is 5.79 Å². The van der Waals surface area contributed by atoms with Gasteiger partial charge in [-0.25, -0.2) is 0 Å². The summed E-state index contributed by atoms with van der Waals surface area (Å²) in [6.45, 7) is 10.4. The van der Waals surface area contributed by atoms with Gasteiger partial charge in [0.25, 0.3) is 0 Å². The first kappa shape index (κ1) is 19.3. The van der Waals surface area contributed by atoms with Crippen molar-refractivity contribution in [2.24, 2.45) is 34.5 Å². The third-order valence-corrected chi connectivity index (χ3v) is 10.4. The summed E-state index contributed by atoms with van der Waals surface area (Å²) in [5, 5.41) is 0. The van der Waals surface area contributed by atoms with Crippen LogP contribution in [-0.2, 0) is 18.9 Å². The van der Waals surface area contributed by atoms with Crippen LogP contribution in [0.15, 0.2) is 11.6 Å². The summed E-state index contributed by atoms with van der Waals surface area (Å²) in [6, 6.07) is 0. The smallest absolute Gasteiger partial charge is 0.188 e. The number of hydrogen-bond donors (Lipinski definition) is 0. The van der Waals surface area contributed by atoms with Crippen LogP contribution in [-0.4, -0.2) is 38.0 Å². The van der Waals surface area contributed by atoms with Gasteiger partial charge in [0.15, 0.2) is 11.6 Å². The van der Waals surface area contributed by atoms with E-state index in [0.29, 0.717) is 16.7 Å². The fraction of sp³-hybridized carbons (Fsp3) is 0.920. The molecule has 5 fully saturated rings. The van der Waals surface area contributed by atoms with Gasteiger partial charge in [-0.2, -0.15) is 0 Å². The summed E-state index contributed by atoms with van der Waals surface area (Å²) in [4.78, 5) is 0. The van der Waals surface area contributed by atoms with Crippen molar-refractivity contribution >= 4 is 0 Å². The van der Waals surface area contributed by atoms with Crippen LogP contribution < -0.4 is 0 Å². The first-order chi connectivity index (χ1) is 13.9. The van der Waals surface area contributed by atoms with Crippen molar-refractivity contribution in [3.63, 3.8) is 0 Å². The highest BCUT2D eigenvalue weighted by atomic mass is 16.7. The fourth-order valence-corrected chi connectivity index (χ4v) is 8.97. The van der Waals surface area contributed by atoms with Crippen molar-refractivity contribution in [3.05, 3.63) is 11.6 Å². The summed E-state index contributed by atoms with van der Waals surface area (Å²) < 4.78 is 24.5. The fourth-order valence-electron chi connectivity index (χ4n) is 8.97. The lowest BCUT2D eigenvalue weighted by Gasteiger charge is -2.59. The van der Waals surface area contributed by atoms with E-state index in [4.69, 9.17) is 18.9 Å². The molecule has 2 aliphatic heterocycles. The highest BCUT2D eigenvalue weighted by Gasteiger charge is 2.63. The third-order valence-electron chi connectivity index (χ3n) is 10.4. The standard InChI is InChI=1S/C25H38O4/c1-22-10-11-25(28-14-15-29-25)16-17(22)4-5-18-19-6-7-21(24(3)26-12-13-27-24)23(19,2)9-8-20(18)22/h16,18-21H,4-15H2,1-3H3/t18-,19-,20-,21-,22-,23-/m0/s1. The second-order valence-electron chi connectivity index (χ2n) is 11.4. The third kappa shape index (κ3) is 2.58. The van der Waals surface area contributed by atoms with Crippen LogP contribution >= 0.6 is 0 Å². The SMILES string of the molecule is CC1([C@H]2CC[C@H]3[C@@H]4CCC5=CC6(CC[C@]5(C)[C@H]4CC[C@]23C)OCCO6)OCCO1. The average Bonchev–Trinajstić information content (AvgIpc) is 3.42. The average molecular weight is 403 g/mol. The van der Waals surface area contributed by atoms with Gasteiger partial charge in [0, 0.05) is 12.3 Å². The first-order valence-corrected chi connectivity index (χ1v) is 12.2. The molecule has 6 aliphatic rings. The summed E-state index contributed by atoms with van der Waals surface area (Å²) in [7, 11) is 0. The number of fused-ring (bicyclic) bond motifs is 5. The zero-order valence-corrected chi connectivity index (χ0v) is 18.5. The molecule has 162 valence electrons. The molecule has 0 aromatic carbocycles. The molecule has 4 aliphatic carbocycles. The van der Waals surface area contributed by atoms with E-state index in [9.17, 15) is 0 Å². The van der Waals surface area contributed by atoms with E-state index in [-0.39, 0.29) is 5.79 Å². The Morgan fingerprint density at radius 2 is 1.48 bits per heavy atom. The minimum absolute atomic E-state index is 0.340. The van der Waals surface area contributed by atoms with E-state index in [1.165, 1.54) is 44.9 Å². The van der Waals surface area contributed by atoms with Crippen molar-refractivity contribution in [1.29, 1.82) is 0 Å². The molecule has 0 amide bonds. The molecule has 4 heteroatoms. The number of rotatable bonds is 1. The number of ether oxygens (including phenoxy) is 4. The van der Waals surface area contributed by atoms with Gasteiger partial charge < -0.3 is 18.9 Å². The van der Waals surface area contributed by atoms with Gasteiger partial charge in [-0.05, 0) is 86.5 Å². The van der Waals surface area contributed by atoms with Crippen molar-refractivity contribution in [1.82, 2.24) is 0 Å². The van der Waals surface area contributed by atoms with Crippen molar-refractivity contribution in [3.8, 4) is 0 Å². The van der Waals surface area contributed by atoms with Crippen molar-refractivity contribution < 1.29 is 18.9 Å². The highest BCUT2D eigenvalue weighted by molar-refractivity contribution is 5.27. The molecular weight excluding hydrogens is 364 g/mol. The lowest BCUT2D eigenvalue weighted by molar-refractivity contribution is -0.215. The minimum atomic E-state index is -0.394. The predicted molar refractivity (Wildman–Crippen MR) is 110 cm³/mol.